The minimum Gasteiger partial charge on any atom is -0.393 e. The predicted octanol–water partition coefficient (Wildman–Crippen LogP) is 2.78. The topological polar surface area (TPSA) is 35.5 Å². The zero-order chi connectivity index (χ0) is 14.7. The molecule has 3 nitrogen and oxygen atoms in total. The summed E-state index contributed by atoms with van der Waals surface area (Å²) in [6.45, 7) is 5.72. The van der Waals surface area contributed by atoms with E-state index in [1.54, 1.807) is 0 Å². The zero-order valence-electron chi connectivity index (χ0n) is 13.8. The fourth-order valence-electron chi connectivity index (χ4n) is 4.58. The van der Waals surface area contributed by atoms with Gasteiger partial charge in [0.05, 0.1) is 6.10 Å². The average molecular weight is 294 g/mol. The summed E-state index contributed by atoms with van der Waals surface area (Å²) < 4.78 is 0. The Bertz CT molecular complexity index is 312. The number of aliphatic hydroxyl groups is 1. The first-order valence-corrected chi connectivity index (χ1v) is 9.41. The normalized spacial score (nSPS) is 34.0. The van der Waals surface area contributed by atoms with Crippen molar-refractivity contribution in [3.05, 3.63) is 0 Å². The van der Waals surface area contributed by atoms with E-state index in [9.17, 15) is 5.11 Å². The molecule has 2 saturated carbocycles. The van der Waals surface area contributed by atoms with Crippen LogP contribution in [0, 0.1) is 11.8 Å². The first-order valence-electron chi connectivity index (χ1n) is 9.41. The third-order valence-electron chi connectivity index (χ3n) is 6.09. The Kier molecular flexibility index (Phi) is 5.58. The van der Waals surface area contributed by atoms with Gasteiger partial charge in [-0.25, -0.2) is 0 Å². The number of aliphatic hydroxyl groups excluding tert-OH is 1. The highest BCUT2D eigenvalue weighted by molar-refractivity contribution is 4.90. The molecule has 2 aliphatic carbocycles. The molecular weight excluding hydrogens is 260 g/mol. The van der Waals surface area contributed by atoms with Gasteiger partial charge in [-0.05, 0) is 50.4 Å². The monoisotopic (exact) mass is 294 g/mol. The Balaban J connectivity index is 1.55. The Hall–Kier alpha value is -0.120. The summed E-state index contributed by atoms with van der Waals surface area (Å²) in [6.07, 6.45) is 11.8. The molecule has 0 radical (unpaired) electrons. The molecule has 0 aromatic heterocycles. The smallest absolute Gasteiger partial charge is 0.0578 e. The molecule has 0 spiro atoms. The summed E-state index contributed by atoms with van der Waals surface area (Å²) in [4.78, 5) is 2.66. The van der Waals surface area contributed by atoms with Crippen molar-refractivity contribution in [1.82, 2.24) is 10.2 Å². The third kappa shape index (κ3) is 4.20. The Morgan fingerprint density at radius 1 is 1.05 bits per heavy atom. The second kappa shape index (κ2) is 7.43. The van der Waals surface area contributed by atoms with E-state index in [0.29, 0.717) is 12.0 Å². The Morgan fingerprint density at radius 3 is 2.43 bits per heavy atom. The molecular formula is C18H34N2O. The van der Waals surface area contributed by atoms with Gasteiger partial charge in [0.15, 0.2) is 0 Å². The van der Waals surface area contributed by atoms with Crippen molar-refractivity contribution in [3.63, 3.8) is 0 Å². The van der Waals surface area contributed by atoms with Crippen LogP contribution in [-0.2, 0) is 0 Å². The highest BCUT2D eigenvalue weighted by atomic mass is 16.3. The van der Waals surface area contributed by atoms with E-state index in [2.05, 4.69) is 17.1 Å². The van der Waals surface area contributed by atoms with Gasteiger partial charge >= 0.3 is 0 Å². The lowest BCUT2D eigenvalue weighted by Gasteiger charge is -2.43. The Morgan fingerprint density at radius 2 is 1.81 bits per heavy atom. The van der Waals surface area contributed by atoms with E-state index in [1.807, 2.05) is 0 Å². The van der Waals surface area contributed by atoms with Crippen LogP contribution in [0.25, 0.3) is 0 Å². The molecule has 0 amide bonds. The molecule has 3 fully saturated rings. The first kappa shape index (κ1) is 15.8. The fourth-order valence-corrected chi connectivity index (χ4v) is 4.58. The summed E-state index contributed by atoms with van der Waals surface area (Å²) in [6, 6.07) is 1.35. The molecule has 21 heavy (non-hydrogen) atoms. The molecule has 3 atom stereocenters. The quantitative estimate of drug-likeness (QED) is 0.791. The van der Waals surface area contributed by atoms with Gasteiger partial charge in [0, 0.05) is 31.7 Å². The number of piperidine rings is 1. The number of likely N-dealkylation sites (tertiary alicyclic amines) is 1. The van der Waals surface area contributed by atoms with E-state index in [0.717, 1.165) is 24.9 Å². The number of hydrogen-bond donors (Lipinski definition) is 2. The van der Waals surface area contributed by atoms with E-state index in [1.165, 1.54) is 64.5 Å². The van der Waals surface area contributed by atoms with E-state index in [-0.39, 0.29) is 6.10 Å². The largest absolute Gasteiger partial charge is 0.393 e. The molecule has 3 rings (SSSR count). The number of hydrogen-bond acceptors (Lipinski definition) is 3. The van der Waals surface area contributed by atoms with Crippen molar-refractivity contribution in [2.24, 2.45) is 11.8 Å². The lowest BCUT2D eigenvalue weighted by Crippen LogP contribution is -2.54. The van der Waals surface area contributed by atoms with Crippen molar-refractivity contribution in [1.29, 1.82) is 0 Å². The van der Waals surface area contributed by atoms with E-state index in [4.69, 9.17) is 0 Å². The maximum atomic E-state index is 10.3. The molecule has 1 heterocycles. The molecule has 0 aromatic rings. The molecule has 3 heteroatoms. The van der Waals surface area contributed by atoms with Gasteiger partial charge in [0.25, 0.3) is 0 Å². The fraction of sp³-hybridized carbons (Fsp3) is 1.00. The highest BCUT2D eigenvalue weighted by Crippen LogP contribution is 2.30. The van der Waals surface area contributed by atoms with E-state index >= 15 is 0 Å². The molecule has 1 aliphatic heterocycles. The summed E-state index contributed by atoms with van der Waals surface area (Å²) in [7, 11) is 0. The van der Waals surface area contributed by atoms with Crippen molar-refractivity contribution >= 4 is 0 Å². The van der Waals surface area contributed by atoms with Crippen LogP contribution in [0.15, 0.2) is 0 Å². The maximum Gasteiger partial charge on any atom is 0.0578 e. The van der Waals surface area contributed by atoms with Gasteiger partial charge in [-0.1, -0.05) is 26.2 Å². The molecule has 122 valence electrons. The van der Waals surface area contributed by atoms with Gasteiger partial charge in [-0.2, -0.15) is 0 Å². The van der Waals surface area contributed by atoms with Crippen LogP contribution >= 0.6 is 0 Å². The molecule has 1 saturated heterocycles. The van der Waals surface area contributed by atoms with Gasteiger partial charge in [-0.3, -0.25) is 0 Å². The average Bonchev–Trinajstić information content (AvgIpc) is 2.94. The number of nitrogens with zero attached hydrogens (tertiary/aromatic N) is 1. The predicted molar refractivity (Wildman–Crippen MR) is 87.4 cm³/mol. The first-order chi connectivity index (χ1) is 10.2. The number of nitrogens with one attached hydrogen (secondary N) is 1. The van der Waals surface area contributed by atoms with Crippen LogP contribution in [-0.4, -0.2) is 47.8 Å². The molecule has 0 aromatic carbocycles. The minimum absolute atomic E-state index is 0.109. The van der Waals surface area contributed by atoms with Crippen LogP contribution in [0.2, 0.25) is 0 Å². The van der Waals surface area contributed by atoms with Crippen LogP contribution < -0.4 is 5.32 Å². The van der Waals surface area contributed by atoms with Crippen molar-refractivity contribution in [3.8, 4) is 0 Å². The Labute approximate surface area is 130 Å². The molecule has 3 unspecified atom stereocenters. The van der Waals surface area contributed by atoms with Gasteiger partial charge < -0.3 is 15.3 Å². The third-order valence-corrected chi connectivity index (χ3v) is 6.09. The second-order valence-corrected chi connectivity index (χ2v) is 7.83. The highest BCUT2D eigenvalue weighted by Gasteiger charge is 2.33. The standard InChI is InChI=1S/C18H34N2O/c1-2-18(21)15-10-17(19-16-8-3-4-9-16)13-20(12-15)11-14-6-5-7-14/h14-19,21H,2-13H2,1H3. The van der Waals surface area contributed by atoms with Crippen LogP contribution in [0.4, 0.5) is 0 Å². The summed E-state index contributed by atoms with van der Waals surface area (Å²) in [5, 5.41) is 14.2. The van der Waals surface area contributed by atoms with Crippen LogP contribution in [0.5, 0.6) is 0 Å². The minimum atomic E-state index is -0.109. The SMILES string of the molecule is CCC(O)C1CC(NC2CCCC2)CN(CC2CCC2)C1. The lowest BCUT2D eigenvalue weighted by molar-refractivity contribution is 0.0230. The van der Waals surface area contributed by atoms with Crippen LogP contribution in [0.3, 0.4) is 0 Å². The van der Waals surface area contributed by atoms with Gasteiger partial charge in [-0.15, -0.1) is 0 Å². The number of rotatable bonds is 6. The van der Waals surface area contributed by atoms with Crippen molar-refractivity contribution in [2.45, 2.75) is 82.9 Å². The summed E-state index contributed by atoms with van der Waals surface area (Å²) >= 11 is 0. The lowest BCUT2D eigenvalue weighted by atomic mass is 9.83. The zero-order valence-corrected chi connectivity index (χ0v) is 13.8. The van der Waals surface area contributed by atoms with Gasteiger partial charge in [0.2, 0.25) is 0 Å². The van der Waals surface area contributed by atoms with Gasteiger partial charge in [0.1, 0.15) is 0 Å². The molecule has 3 aliphatic rings. The van der Waals surface area contributed by atoms with Crippen molar-refractivity contribution < 1.29 is 5.11 Å². The summed E-state index contributed by atoms with van der Waals surface area (Å²) in [5.74, 6) is 1.41. The molecule has 2 N–H and O–H groups in total. The maximum absolute atomic E-state index is 10.3. The summed E-state index contributed by atoms with van der Waals surface area (Å²) in [5.41, 5.74) is 0. The van der Waals surface area contributed by atoms with Crippen molar-refractivity contribution in [2.75, 3.05) is 19.6 Å². The van der Waals surface area contributed by atoms with E-state index < -0.39 is 0 Å². The molecule has 0 bridgehead atoms. The van der Waals surface area contributed by atoms with Crippen LogP contribution in [0.1, 0.15) is 64.7 Å². The second-order valence-electron chi connectivity index (χ2n) is 7.83.